The second-order valence-electron chi connectivity index (χ2n) is 6.56. The molecule has 1 aliphatic carbocycles. The number of ether oxygens (including phenoxy) is 1. The van der Waals surface area contributed by atoms with Gasteiger partial charge in [0.25, 0.3) is 0 Å². The number of hydrogen-bond donors (Lipinski definition) is 2. The minimum atomic E-state index is -0.896. The first kappa shape index (κ1) is 15.8. The van der Waals surface area contributed by atoms with Crippen LogP contribution in [0.1, 0.15) is 46.8 Å². The zero-order valence-electron chi connectivity index (χ0n) is 14.1. The summed E-state index contributed by atoms with van der Waals surface area (Å²) in [6, 6.07) is 13.6. The third kappa shape index (κ3) is 2.68. The third-order valence-corrected chi connectivity index (χ3v) is 5.18. The van der Waals surface area contributed by atoms with Crippen molar-refractivity contribution >= 4 is 11.7 Å². The summed E-state index contributed by atoms with van der Waals surface area (Å²) in [5.41, 5.74) is 3.77. The molecule has 0 aromatic heterocycles. The molecular weight excluding hydrogens is 314 g/mol. The molecule has 0 fully saturated rings. The van der Waals surface area contributed by atoms with Gasteiger partial charge in [0.15, 0.2) is 0 Å². The summed E-state index contributed by atoms with van der Waals surface area (Å²) in [7, 11) is 0. The summed E-state index contributed by atoms with van der Waals surface area (Å²) in [6.07, 6.45) is 5.55. The van der Waals surface area contributed by atoms with Gasteiger partial charge in [-0.3, -0.25) is 0 Å². The fourth-order valence-electron chi connectivity index (χ4n) is 4.03. The van der Waals surface area contributed by atoms with E-state index in [1.807, 2.05) is 25.1 Å². The molecule has 0 unspecified atom stereocenters. The van der Waals surface area contributed by atoms with Crippen LogP contribution in [0.25, 0.3) is 0 Å². The zero-order valence-corrected chi connectivity index (χ0v) is 14.1. The topological polar surface area (TPSA) is 58.6 Å². The normalized spacial score (nSPS) is 23.5. The maximum atomic E-state index is 11.1. The van der Waals surface area contributed by atoms with Gasteiger partial charge in [-0.15, -0.1) is 0 Å². The first-order valence-electron chi connectivity index (χ1n) is 8.71. The average molecular weight is 335 g/mol. The Hall–Kier alpha value is -2.75. The Morgan fingerprint density at radius 3 is 2.76 bits per heavy atom. The maximum Gasteiger partial charge on any atom is 0.335 e. The molecule has 0 saturated heterocycles. The van der Waals surface area contributed by atoms with Gasteiger partial charge in [-0.25, -0.2) is 4.79 Å². The lowest BCUT2D eigenvalue weighted by Gasteiger charge is -2.38. The Morgan fingerprint density at radius 2 is 2.04 bits per heavy atom. The standard InChI is InChI=1S/C21H21NO3/c1-2-25-18-8-4-7-17-15-5-3-6-16(15)19(22-20(17)18)13-9-11-14(12-10-13)21(23)24/h3-5,7-12,15-16,19,22H,2,6H2,1H3,(H,23,24)/t15-,16-,19-/m1/s1. The lowest BCUT2D eigenvalue weighted by molar-refractivity contribution is 0.0697. The van der Waals surface area contributed by atoms with Crippen molar-refractivity contribution in [2.45, 2.75) is 25.3 Å². The summed E-state index contributed by atoms with van der Waals surface area (Å²) in [5.74, 6) is 0.777. The first-order chi connectivity index (χ1) is 12.2. The molecule has 0 saturated carbocycles. The van der Waals surface area contributed by atoms with Crippen molar-refractivity contribution in [3.8, 4) is 5.75 Å². The van der Waals surface area contributed by atoms with Gasteiger partial charge in [-0.1, -0.05) is 36.4 Å². The highest BCUT2D eigenvalue weighted by Crippen LogP contribution is 2.52. The van der Waals surface area contributed by atoms with Crippen molar-refractivity contribution in [1.29, 1.82) is 0 Å². The van der Waals surface area contributed by atoms with Crippen LogP contribution in [-0.4, -0.2) is 17.7 Å². The number of carbonyl (C=O) groups is 1. The van der Waals surface area contributed by atoms with Crippen LogP contribution in [0, 0.1) is 5.92 Å². The number of fused-ring (bicyclic) bond motifs is 3. The molecule has 4 heteroatoms. The second-order valence-corrected chi connectivity index (χ2v) is 6.56. The molecule has 1 aliphatic heterocycles. The number of benzene rings is 2. The molecule has 2 N–H and O–H groups in total. The molecule has 2 aromatic rings. The van der Waals surface area contributed by atoms with Crippen LogP contribution in [0.4, 0.5) is 5.69 Å². The summed E-state index contributed by atoms with van der Waals surface area (Å²) < 4.78 is 5.82. The van der Waals surface area contributed by atoms with Gasteiger partial charge in [0.1, 0.15) is 5.75 Å². The molecule has 4 rings (SSSR count). The largest absolute Gasteiger partial charge is 0.492 e. The van der Waals surface area contributed by atoms with Gasteiger partial charge < -0.3 is 15.2 Å². The van der Waals surface area contributed by atoms with E-state index in [0.717, 1.165) is 23.4 Å². The quantitative estimate of drug-likeness (QED) is 0.801. The second kappa shape index (κ2) is 6.28. The summed E-state index contributed by atoms with van der Waals surface area (Å²) in [6.45, 7) is 2.61. The maximum absolute atomic E-state index is 11.1. The molecule has 4 nitrogen and oxygen atoms in total. The average Bonchev–Trinajstić information content (AvgIpc) is 3.12. The van der Waals surface area contributed by atoms with Gasteiger partial charge >= 0.3 is 5.97 Å². The summed E-state index contributed by atoms with van der Waals surface area (Å²) in [4.78, 5) is 11.1. The number of allylic oxidation sites excluding steroid dienone is 2. The van der Waals surface area contributed by atoms with E-state index in [1.165, 1.54) is 5.56 Å². The number of rotatable bonds is 4. The predicted molar refractivity (Wildman–Crippen MR) is 97.4 cm³/mol. The van der Waals surface area contributed by atoms with E-state index in [-0.39, 0.29) is 6.04 Å². The predicted octanol–water partition coefficient (Wildman–Crippen LogP) is 4.61. The summed E-state index contributed by atoms with van der Waals surface area (Å²) >= 11 is 0. The molecular formula is C21H21NO3. The van der Waals surface area contributed by atoms with Crippen LogP contribution in [-0.2, 0) is 0 Å². The lowest BCUT2D eigenvalue weighted by Crippen LogP contribution is -2.29. The number of anilines is 1. The number of nitrogens with one attached hydrogen (secondary N) is 1. The van der Waals surface area contributed by atoms with Crippen molar-refractivity contribution < 1.29 is 14.6 Å². The van der Waals surface area contributed by atoms with Crippen LogP contribution in [0.5, 0.6) is 5.75 Å². The number of carboxylic acids is 1. The van der Waals surface area contributed by atoms with Crippen LogP contribution >= 0.6 is 0 Å². The van der Waals surface area contributed by atoms with Gasteiger partial charge in [0, 0.05) is 5.92 Å². The monoisotopic (exact) mass is 335 g/mol. The van der Waals surface area contributed by atoms with Crippen molar-refractivity contribution in [3.05, 3.63) is 71.3 Å². The van der Waals surface area contributed by atoms with Crippen LogP contribution < -0.4 is 10.1 Å². The van der Waals surface area contributed by atoms with Crippen LogP contribution in [0.3, 0.4) is 0 Å². The Bertz CT molecular complexity index is 826. The smallest absolute Gasteiger partial charge is 0.335 e. The summed E-state index contributed by atoms with van der Waals surface area (Å²) in [5, 5.41) is 12.8. The Balaban J connectivity index is 1.74. The highest BCUT2D eigenvalue weighted by molar-refractivity contribution is 5.87. The minimum absolute atomic E-state index is 0.136. The van der Waals surface area contributed by atoms with Gasteiger partial charge in [0.2, 0.25) is 0 Å². The molecule has 0 spiro atoms. The van der Waals surface area contributed by atoms with Crippen molar-refractivity contribution in [2.75, 3.05) is 11.9 Å². The van der Waals surface area contributed by atoms with Crippen molar-refractivity contribution in [1.82, 2.24) is 0 Å². The molecule has 128 valence electrons. The SMILES string of the molecule is CCOc1cccc2c1N[C@H](c1ccc(C(=O)O)cc1)[C@@H]1CC=C[C@@H]21. The van der Waals surface area contributed by atoms with E-state index < -0.39 is 5.97 Å². The van der Waals surface area contributed by atoms with E-state index in [9.17, 15) is 4.79 Å². The van der Waals surface area contributed by atoms with Crippen molar-refractivity contribution in [2.24, 2.45) is 5.92 Å². The molecule has 25 heavy (non-hydrogen) atoms. The molecule has 3 atom stereocenters. The molecule has 2 aliphatic rings. The molecule has 1 heterocycles. The van der Waals surface area contributed by atoms with Crippen LogP contribution in [0.2, 0.25) is 0 Å². The lowest BCUT2D eigenvalue weighted by atomic mass is 9.77. The Kier molecular flexibility index (Phi) is 3.96. The Morgan fingerprint density at radius 1 is 1.24 bits per heavy atom. The van der Waals surface area contributed by atoms with E-state index in [2.05, 4.69) is 29.6 Å². The van der Waals surface area contributed by atoms with Gasteiger partial charge in [-0.05, 0) is 48.6 Å². The number of hydrogen-bond acceptors (Lipinski definition) is 3. The van der Waals surface area contributed by atoms with Crippen LogP contribution in [0.15, 0.2) is 54.6 Å². The minimum Gasteiger partial charge on any atom is -0.492 e. The van der Waals surface area contributed by atoms with Gasteiger partial charge in [-0.2, -0.15) is 0 Å². The third-order valence-electron chi connectivity index (χ3n) is 5.18. The highest BCUT2D eigenvalue weighted by atomic mass is 16.5. The number of carboxylic acid groups (broad SMARTS) is 1. The molecule has 0 bridgehead atoms. The Labute approximate surface area is 147 Å². The number of para-hydroxylation sites is 1. The zero-order chi connectivity index (χ0) is 17.4. The highest BCUT2D eigenvalue weighted by Gasteiger charge is 2.38. The van der Waals surface area contributed by atoms with Crippen molar-refractivity contribution in [3.63, 3.8) is 0 Å². The molecule has 0 amide bonds. The van der Waals surface area contributed by atoms with E-state index in [1.54, 1.807) is 12.1 Å². The number of aromatic carboxylic acids is 1. The van der Waals surface area contributed by atoms with E-state index in [0.29, 0.717) is 24.0 Å². The first-order valence-corrected chi connectivity index (χ1v) is 8.71. The van der Waals surface area contributed by atoms with E-state index in [4.69, 9.17) is 9.84 Å². The molecule has 0 radical (unpaired) electrons. The fraction of sp³-hybridized carbons (Fsp3) is 0.286. The van der Waals surface area contributed by atoms with Gasteiger partial charge in [0.05, 0.1) is 23.9 Å². The molecule has 2 aromatic carbocycles. The fourth-order valence-corrected chi connectivity index (χ4v) is 4.03. The van der Waals surface area contributed by atoms with E-state index >= 15 is 0 Å².